The van der Waals surface area contributed by atoms with Gasteiger partial charge < -0.3 is 0 Å². The minimum atomic E-state index is 0.727. The molecular weight excluding hydrogens is 362 g/mol. The summed E-state index contributed by atoms with van der Waals surface area (Å²) >= 11 is 0. The molecule has 0 N–H and O–H groups in total. The molecule has 1 aromatic rings. The lowest BCUT2D eigenvalue weighted by molar-refractivity contribution is 0.155. The summed E-state index contributed by atoms with van der Waals surface area (Å²) in [6.45, 7) is 4.60. The molecular formula is C29H49N. The van der Waals surface area contributed by atoms with Crippen LogP contribution in [0, 0.1) is 17.8 Å². The summed E-state index contributed by atoms with van der Waals surface area (Å²) in [4.78, 5) is 4.89. The van der Waals surface area contributed by atoms with Gasteiger partial charge in [-0.3, -0.25) is 4.98 Å². The molecule has 0 spiro atoms. The fourth-order valence-electron chi connectivity index (χ4n) is 6.28. The molecule has 0 aliphatic heterocycles. The second kappa shape index (κ2) is 13.5. The topological polar surface area (TPSA) is 12.9 Å². The highest BCUT2D eigenvalue weighted by atomic mass is 14.7. The summed E-state index contributed by atoms with van der Waals surface area (Å²) in [6, 6.07) is 4.71. The van der Waals surface area contributed by atoms with Gasteiger partial charge in [0.25, 0.3) is 0 Å². The lowest BCUT2D eigenvalue weighted by Gasteiger charge is -2.38. The van der Waals surface area contributed by atoms with E-state index in [1.165, 1.54) is 127 Å². The average Bonchev–Trinajstić information content (AvgIpc) is 2.81. The first-order valence-electron chi connectivity index (χ1n) is 13.7. The lowest BCUT2D eigenvalue weighted by Crippen LogP contribution is -2.25. The zero-order valence-electron chi connectivity index (χ0n) is 20.2. The van der Waals surface area contributed by atoms with Gasteiger partial charge in [-0.05, 0) is 80.8 Å². The van der Waals surface area contributed by atoms with Crippen molar-refractivity contribution in [2.75, 3.05) is 0 Å². The van der Waals surface area contributed by atoms with E-state index in [1.807, 2.05) is 0 Å². The van der Waals surface area contributed by atoms with Gasteiger partial charge in [0.05, 0.1) is 0 Å². The van der Waals surface area contributed by atoms with Gasteiger partial charge in [-0.15, -0.1) is 0 Å². The van der Waals surface area contributed by atoms with Gasteiger partial charge in [-0.1, -0.05) is 84.1 Å². The van der Waals surface area contributed by atoms with Crippen LogP contribution in [-0.2, 0) is 6.42 Å². The maximum absolute atomic E-state index is 4.89. The summed E-state index contributed by atoms with van der Waals surface area (Å²) in [7, 11) is 0. The minimum Gasteiger partial charge on any atom is -0.261 e. The van der Waals surface area contributed by atoms with Gasteiger partial charge >= 0.3 is 0 Å². The van der Waals surface area contributed by atoms with Crippen molar-refractivity contribution in [2.45, 2.75) is 135 Å². The van der Waals surface area contributed by atoms with Crippen LogP contribution in [0.2, 0.25) is 0 Å². The molecule has 0 radical (unpaired) electrons. The second-order valence-corrected chi connectivity index (χ2v) is 10.6. The zero-order chi connectivity index (χ0) is 21.0. The van der Waals surface area contributed by atoms with Crippen LogP contribution in [0.15, 0.2) is 18.3 Å². The Balaban J connectivity index is 1.34. The van der Waals surface area contributed by atoms with Crippen molar-refractivity contribution >= 4 is 0 Å². The molecule has 1 aromatic heterocycles. The monoisotopic (exact) mass is 411 g/mol. The number of aryl methyl sites for hydroxylation is 1. The first-order valence-corrected chi connectivity index (χ1v) is 13.7. The van der Waals surface area contributed by atoms with E-state index < -0.39 is 0 Å². The molecule has 1 nitrogen and oxygen atoms in total. The summed E-state index contributed by atoms with van der Waals surface area (Å²) in [5.41, 5.74) is 2.82. The van der Waals surface area contributed by atoms with Gasteiger partial charge in [0.1, 0.15) is 0 Å². The third-order valence-electron chi connectivity index (χ3n) is 8.38. The van der Waals surface area contributed by atoms with E-state index in [4.69, 9.17) is 4.98 Å². The number of hydrogen-bond donors (Lipinski definition) is 0. The van der Waals surface area contributed by atoms with E-state index >= 15 is 0 Å². The van der Waals surface area contributed by atoms with Crippen LogP contribution >= 0.6 is 0 Å². The Labute approximate surface area is 187 Å². The minimum absolute atomic E-state index is 0.727. The normalized spacial score (nSPS) is 27.3. The fourth-order valence-corrected chi connectivity index (χ4v) is 6.28. The number of rotatable bonds is 12. The van der Waals surface area contributed by atoms with Crippen LogP contribution in [0.25, 0.3) is 0 Å². The molecule has 0 unspecified atom stereocenters. The maximum Gasteiger partial charge on any atom is 0.0434 e. The van der Waals surface area contributed by atoms with Gasteiger partial charge in [-0.25, -0.2) is 0 Å². The quantitative estimate of drug-likeness (QED) is 0.312. The summed E-state index contributed by atoms with van der Waals surface area (Å²) in [5.74, 6) is 3.83. The highest BCUT2D eigenvalue weighted by Gasteiger charge is 2.31. The number of nitrogens with zero attached hydrogens (tertiary/aromatic N) is 1. The smallest absolute Gasteiger partial charge is 0.0434 e. The third-order valence-corrected chi connectivity index (χ3v) is 8.38. The molecule has 0 aromatic carbocycles. The Bertz CT molecular complexity index is 546. The summed E-state index contributed by atoms with van der Waals surface area (Å²) in [5, 5.41) is 0. The Kier molecular flexibility index (Phi) is 10.7. The molecule has 170 valence electrons. The number of pyridine rings is 1. The first kappa shape index (κ1) is 23.8. The molecule has 1 heteroatoms. The lowest BCUT2D eigenvalue weighted by atomic mass is 9.68. The van der Waals surface area contributed by atoms with Crippen LogP contribution in [0.4, 0.5) is 0 Å². The van der Waals surface area contributed by atoms with E-state index in [9.17, 15) is 0 Å². The number of hydrogen-bond acceptors (Lipinski definition) is 1. The largest absolute Gasteiger partial charge is 0.261 e. The van der Waals surface area contributed by atoms with Crippen LogP contribution in [0.1, 0.15) is 140 Å². The molecule has 1 heterocycles. The van der Waals surface area contributed by atoms with Gasteiger partial charge in [0.15, 0.2) is 0 Å². The molecule has 0 saturated heterocycles. The predicted octanol–water partition coefficient (Wildman–Crippen LogP) is 9.25. The first-order chi connectivity index (χ1) is 14.8. The van der Waals surface area contributed by atoms with Crippen LogP contribution < -0.4 is 0 Å². The van der Waals surface area contributed by atoms with Crippen molar-refractivity contribution in [2.24, 2.45) is 17.8 Å². The second-order valence-electron chi connectivity index (χ2n) is 10.6. The number of unbranched alkanes of at least 4 members (excludes halogenated alkanes) is 6. The van der Waals surface area contributed by atoms with Crippen molar-refractivity contribution < 1.29 is 0 Å². The van der Waals surface area contributed by atoms with Crippen molar-refractivity contribution in [3.05, 3.63) is 29.6 Å². The van der Waals surface area contributed by atoms with Crippen LogP contribution in [0.3, 0.4) is 0 Å². The Morgan fingerprint density at radius 1 is 0.700 bits per heavy atom. The summed E-state index contributed by atoms with van der Waals surface area (Å²) in [6.07, 6.45) is 27.8. The molecule has 2 aliphatic carbocycles. The summed E-state index contributed by atoms with van der Waals surface area (Å²) < 4.78 is 0. The molecule has 30 heavy (non-hydrogen) atoms. The van der Waals surface area contributed by atoms with Crippen molar-refractivity contribution in [3.63, 3.8) is 0 Å². The maximum atomic E-state index is 4.89. The Hall–Kier alpha value is -0.850. The van der Waals surface area contributed by atoms with E-state index in [0.29, 0.717) is 0 Å². The van der Waals surface area contributed by atoms with E-state index in [-0.39, 0.29) is 0 Å². The van der Waals surface area contributed by atoms with Crippen LogP contribution in [0.5, 0.6) is 0 Å². The molecule has 0 amide bonds. The van der Waals surface area contributed by atoms with Gasteiger partial charge in [-0.2, -0.15) is 0 Å². The van der Waals surface area contributed by atoms with E-state index in [1.54, 1.807) is 0 Å². The average molecular weight is 412 g/mol. The van der Waals surface area contributed by atoms with Crippen LogP contribution in [-0.4, -0.2) is 4.98 Å². The van der Waals surface area contributed by atoms with E-state index in [2.05, 4.69) is 32.2 Å². The Morgan fingerprint density at radius 2 is 1.33 bits per heavy atom. The molecule has 2 fully saturated rings. The highest BCUT2D eigenvalue weighted by molar-refractivity contribution is 5.17. The van der Waals surface area contributed by atoms with Gasteiger partial charge in [0, 0.05) is 17.8 Å². The van der Waals surface area contributed by atoms with Gasteiger partial charge in [0.2, 0.25) is 0 Å². The highest BCUT2D eigenvalue weighted by Crippen LogP contribution is 2.44. The third kappa shape index (κ3) is 7.69. The number of aromatic nitrogens is 1. The Morgan fingerprint density at radius 3 is 1.93 bits per heavy atom. The zero-order valence-corrected chi connectivity index (χ0v) is 20.2. The molecule has 2 aliphatic rings. The van der Waals surface area contributed by atoms with E-state index in [0.717, 1.165) is 23.7 Å². The molecule has 0 bridgehead atoms. The fraction of sp³-hybridized carbons (Fsp3) is 0.828. The molecule has 3 rings (SSSR count). The van der Waals surface area contributed by atoms with Crippen molar-refractivity contribution in [3.8, 4) is 0 Å². The molecule has 2 saturated carbocycles. The van der Waals surface area contributed by atoms with Crippen molar-refractivity contribution in [1.82, 2.24) is 4.98 Å². The standard InChI is InChI=1S/C29H49N/c1-3-5-7-9-11-24-13-16-26(17-14-24)27-18-20-28(21-19-27)29-22-15-25(23-30-29)12-10-8-6-4-2/h15,22-24,26-28H,3-14,16-21H2,1-2H3/t24-,26-,27?,28?. The SMILES string of the molecule is CCCCCCc1ccc(C2CCC([C@H]3CC[C@H](CCCCCC)CC3)CC2)nc1. The predicted molar refractivity (Wildman–Crippen MR) is 131 cm³/mol. The van der Waals surface area contributed by atoms with Crippen molar-refractivity contribution in [1.29, 1.82) is 0 Å². The molecule has 0 atom stereocenters.